The Labute approximate surface area is 110 Å². The lowest BCUT2D eigenvalue weighted by Crippen LogP contribution is -2.36. The number of ether oxygens (including phenoxy) is 1. The monoisotopic (exact) mass is 262 g/mol. The summed E-state index contributed by atoms with van der Waals surface area (Å²) in [5.41, 5.74) is 0.874. The summed E-state index contributed by atoms with van der Waals surface area (Å²) in [6.45, 7) is 3.62. The Kier molecular flexibility index (Phi) is 3.41. The fraction of sp³-hybridized carbons (Fsp3) is 0.385. The molecule has 0 saturated carbocycles. The molecule has 0 atom stereocenters. The summed E-state index contributed by atoms with van der Waals surface area (Å²) in [6.07, 6.45) is 1.89. The quantitative estimate of drug-likeness (QED) is 0.836. The van der Waals surface area contributed by atoms with Crippen LogP contribution in [0.2, 0.25) is 0 Å². The van der Waals surface area contributed by atoms with Crippen LogP contribution in [0.1, 0.15) is 5.56 Å². The van der Waals surface area contributed by atoms with Crippen molar-refractivity contribution in [1.29, 1.82) is 0 Å². The fourth-order valence-corrected chi connectivity index (χ4v) is 2.13. The number of anilines is 1. The number of aromatic nitrogens is 3. The number of hydrogen-bond donors (Lipinski definition) is 0. The van der Waals surface area contributed by atoms with Gasteiger partial charge in [-0.1, -0.05) is 17.3 Å². The maximum Gasteiger partial charge on any atom is 0.171 e. The molecule has 0 unspecified atom stereocenters. The van der Waals surface area contributed by atoms with Gasteiger partial charge in [0.1, 0.15) is 5.82 Å². The maximum absolute atomic E-state index is 13.1. The van der Waals surface area contributed by atoms with Gasteiger partial charge < -0.3 is 9.64 Å². The zero-order chi connectivity index (χ0) is 13.1. The molecule has 1 saturated heterocycles. The molecule has 1 aliphatic rings. The van der Waals surface area contributed by atoms with E-state index in [0.717, 1.165) is 37.7 Å². The van der Waals surface area contributed by atoms with Crippen LogP contribution in [-0.2, 0) is 11.3 Å². The van der Waals surface area contributed by atoms with E-state index in [1.54, 1.807) is 10.7 Å². The number of benzene rings is 1. The molecule has 0 bridgehead atoms. The summed E-state index contributed by atoms with van der Waals surface area (Å²) in [4.78, 5) is 2.14. The Morgan fingerprint density at radius 1 is 1.26 bits per heavy atom. The first-order valence-electron chi connectivity index (χ1n) is 6.28. The summed E-state index contributed by atoms with van der Waals surface area (Å²) in [5.74, 6) is 0.616. The Morgan fingerprint density at radius 3 is 2.89 bits per heavy atom. The van der Waals surface area contributed by atoms with Crippen molar-refractivity contribution >= 4 is 5.82 Å². The van der Waals surface area contributed by atoms with Crippen molar-refractivity contribution in [3.05, 3.63) is 41.8 Å². The molecule has 1 aliphatic heterocycles. The molecule has 5 nitrogen and oxygen atoms in total. The van der Waals surface area contributed by atoms with Crippen LogP contribution in [0.15, 0.2) is 30.5 Å². The zero-order valence-electron chi connectivity index (χ0n) is 10.5. The van der Waals surface area contributed by atoms with Crippen molar-refractivity contribution < 1.29 is 9.13 Å². The highest BCUT2D eigenvalue weighted by atomic mass is 19.1. The van der Waals surface area contributed by atoms with E-state index in [4.69, 9.17) is 4.74 Å². The van der Waals surface area contributed by atoms with Gasteiger partial charge in [0.25, 0.3) is 0 Å². The molecule has 3 rings (SSSR count). The fourth-order valence-electron chi connectivity index (χ4n) is 2.13. The number of morpholine rings is 1. The number of halogens is 1. The Balaban J connectivity index is 1.70. The first-order chi connectivity index (χ1) is 9.31. The summed E-state index contributed by atoms with van der Waals surface area (Å²) in [5, 5.41) is 8.23. The average Bonchev–Trinajstić information content (AvgIpc) is 2.88. The molecule has 1 aromatic heterocycles. The van der Waals surface area contributed by atoms with Gasteiger partial charge in [-0.2, -0.15) is 0 Å². The van der Waals surface area contributed by atoms with E-state index < -0.39 is 0 Å². The van der Waals surface area contributed by atoms with Gasteiger partial charge in [0, 0.05) is 13.1 Å². The second-order valence-corrected chi connectivity index (χ2v) is 4.50. The third kappa shape index (κ3) is 2.90. The minimum Gasteiger partial charge on any atom is -0.378 e. The minimum atomic E-state index is -0.231. The van der Waals surface area contributed by atoms with Crippen molar-refractivity contribution in [2.75, 3.05) is 31.2 Å². The van der Waals surface area contributed by atoms with Gasteiger partial charge in [-0.15, -0.1) is 5.10 Å². The molecule has 0 amide bonds. The Morgan fingerprint density at radius 2 is 2.11 bits per heavy atom. The highest BCUT2D eigenvalue weighted by Gasteiger charge is 2.14. The van der Waals surface area contributed by atoms with Crippen molar-refractivity contribution in [2.24, 2.45) is 0 Å². The lowest BCUT2D eigenvalue weighted by atomic mass is 10.2. The Bertz CT molecular complexity index is 551. The van der Waals surface area contributed by atoms with Crippen LogP contribution < -0.4 is 4.90 Å². The second kappa shape index (κ2) is 5.36. The van der Waals surface area contributed by atoms with E-state index >= 15 is 0 Å². The standard InChI is InChI=1S/C13H15FN4O/c14-12-3-1-2-11(8-12)9-18-10-13(15-16-18)17-4-6-19-7-5-17/h1-3,8,10H,4-7,9H2. The van der Waals surface area contributed by atoms with E-state index in [2.05, 4.69) is 15.2 Å². The Hall–Kier alpha value is -1.95. The predicted octanol–water partition coefficient (Wildman–Crippen LogP) is 1.30. The molecule has 2 aromatic rings. The molecular formula is C13H15FN4O. The van der Waals surface area contributed by atoms with Gasteiger partial charge in [-0.3, -0.25) is 0 Å². The molecule has 19 heavy (non-hydrogen) atoms. The van der Waals surface area contributed by atoms with Crippen LogP contribution in [-0.4, -0.2) is 41.3 Å². The molecule has 1 fully saturated rings. The molecule has 6 heteroatoms. The molecule has 0 spiro atoms. The van der Waals surface area contributed by atoms with E-state index in [1.807, 2.05) is 12.3 Å². The van der Waals surface area contributed by atoms with Crippen LogP contribution in [0.4, 0.5) is 10.2 Å². The van der Waals surface area contributed by atoms with Crippen molar-refractivity contribution in [1.82, 2.24) is 15.0 Å². The lowest BCUT2D eigenvalue weighted by Gasteiger charge is -2.25. The SMILES string of the molecule is Fc1cccc(Cn2cc(N3CCOCC3)nn2)c1. The van der Waals surface area contributed by atoms with E-state index in [0.29, 0.717) is 6.54 Å². The molecule has 0 radical (unpaired) electrons. The maximum atomic E-state index is 13.1. The lowest BCUT2D eigenvalue weighted by molar-refractivity contribution is 0.122. The summed E-state index contributed by atoms with van der Waals surface area (Å²) in [7, 11) is 0. The predicted molar refractivity (Wildman–Crippen MR) is 68.6 cm³/mol. The number of hydrogen-bond acceptors (Lipinski definition) is 4. The largest absolute Gasteiger partial charge is 0.378 e. The number of nitrogens with zero attached hydrogens (tertiary/aromatic N) is 4. The zero-order valence-corrected chi connectivity index (χ0v) is 10.5. The highest BCUT2D eigenvalue weighted by molar-refractivity contribution is 5.35. The highest BCUT2D eigenvalue weighted by Crippen LogP contribution is 2.12. The van der Waals surface area contributed by atoms with Gasteiger partial charge in [0.05, 0.1) is 26.0 Å². The van der Waals surface area contributed by atoms with Crippen LogP contribution in [0.5, 0.6) is 0 Å². The van der Waals surface area contributed by atoms with E-state index in [1.165, 1.54) is 12.1 Å². The molecule has 2 heterocycles. The smallest absolute Gasteiger partial charge is 0.171 e. The van der Waals surface area contributed by atoms with Crippen molar-refractivity contribution in [3.8, 4) is 0 Å². The van der Waals surface area contributed by atoms with Gasteiger partial charge in [0.15, 0.2) is 5.82 Å². The molecule has 100 valence electrons. The average molecular weight is 262 g/mol. The molecule has 0 aliphatic carbocycles. The molecular weight excluding hydrogens is 247 g/mol. The summed E-state index contributed by atoms with van der Waals surface area (Å²) >= 11 is 0. The van der Waals surface area contributed by atoms with E-state index in [9.17, 15) is 4.39 Å². The first-order valence-corrected chi connectivity index (χ1v) is 6.28. The topological polar surface area (TPSA) is 43.2 Å². The normalized spacial score (nSPS) is 15.7. The van der Waals surface area contributed by atoms with Crippen LogP contribution in [0, 0.1) is 5.82 Å². The minimum absolute atomic E-state index is 0.231. The first kappa shape index (κ1) is 12.1. The van der Waals surface area contributed by atoms with Gasteiger partial charge >= 0.3 is 0 Å². The summed E-state index contributed by atoms with van der Waals surface area (Å²) < 4.78 is 20.1. The van der Waals surface area contributed by atoms with Gasteiger partial charge in [0.2, 0.25) is 0 Å². The van der Waals surface area contributed by atoms with Crippen molar-refractivity contribution in [3.63, 3.8) is 0 Å². The van der Waals surface area contributed by atoms with Gasteiger partial charge in [-0.05, 0) is 17.7 Å². The third-order valence-corrected chi connectivity index (χ3v) is 3.10. The van der Waals surface area contributed by atoms with Crippen molar-refractivity contribution in [2.45, 2.75) is 6.54 Å². The van der Waals surface area contributed by atoms with E-state index in [-0.39, 0.29) is 5.82 Å². The second-order valence-electron chi connectivity index (χ2n) is 4.50. The van der Waals surface area contributed by atoms with Crippen LogP contribution >= 0.6 is 0 Å². The molecule has 1 aromatic carbocycles. The molecule has 0 N–H and O–H groups in total. The van der Waals surface area contributed by atoms with Crippen LogP contribution in [0.25, 0.3) is 0 Å². The number of rotatable bonds is 3. The third-order valence-electron chi connectivity index (χ3n) is 3.10. The van der Waals surface area contributed by atoms with Crippen LogP contribution in [0.3, 0.4) is 0 Å². The van der Waals surface area contributed by atoms with Gasteiger partial charge in [-0.25, -0.2) is 9.07 Å². The summed E-state index contributed by atoms with van der Waals surface area (Å²) in [6, 6.07) is 6.52.